The lowest BCUT2D eigenvalue weighted by atomic mass is 10.1. The molecule has 0 bridgehead atoms. The minimum absolute atomic E-state index is 0.0690. The van der Waals surface area contributed by atoms with Crippen molar-refractivity contribution in [3.63, 3.8) is 0 Å². The number of nitrogens with zero attached hydrogens (tertiary/aromatic N) is 5. The van der Waals surface area contributed by atoms with Gasteiger partial charge in [0.2, 0.25) is 0 Å². The van der Waals surface area contributed by atoms with Gasteiger partial charge in [0.25, 0.3) is 0 Å². The molecule has 2 fully saturated rings. The molecule has 1 aliphatic carbocycles. The number of halogens is 3. The van der Waals surface area contributed by atoms with Crippen LogP contribution < -0.4 is 0 Å². The normalized spacial score (nSPS) is 23.8. The largest absolute Gasteiger partial charge is 0.433 e. The van der Waals surface area contributed by atoms with Gasteiger partial charge in [-0.2, -0.15) is 13.2 Å². The summed E-state index contributed by atoms with van der Waals surface area (Å²) in [6, 6.07) is 4.42. The lowest BCUT2D eigenvalue weighted by Gasteiger charge is -2.32. The first-order chi connectivity index (χ1) is 13.8. The Hall–Kier alpha value is -2.00. The monoisotopic (exact) mass is 409 g/mol. The van der Waals surface area contributed by atoms with Gasteiger partial charge in [-0.3, -0.25) is 4.90 Å². The summed E-state index contributed by atoms with van der Waals surface area (Å²) >= 11 is 0. The van der Waals surface area contributed by atoms with Crippen molar-refractivity contribution >= 4 is 0 Å². The molecule has 3 heterocycles. The van der Waals surface area contributed by atoms with Crippen LogP contribution in [-0.4, -0.2) is 57.0 Å². The summed E-state index contributed by atoms with van der Waals surface area (Å²) in [4.78, 5) is 10.9. The fraction of sp³-hybridized carbons (Fsp3) is 0.650. The standard InChI is InChI=1S/C20H26F3N5O/c1-13(2)28-19(14-6-7-15(12-14)27-8-10-29-11-9-27)25-18(26-28)16-4-3-5-17(24-16)20(21,22)23/h3-5,13-15H,6-12H2,1-2H3/t14-,15+/m1/s1. The second-order valence-corrected chi connectivity index (χ2v) is 8.05. The summed E-state index contributed by atoms with van der Waals surface area (Å²) in [5.74, 6) is 1.36. The third-order valence-electron chi connectivity index (χ3n) is 5.75. The van der Waals surface area contributed by atoms with Crippen LogP contribution in [0.5, 0.6) is 0 Å². The molecule has 6 nitrogen and oxygen atoms in total. The third-order valence-corrected chi connectivity index (χ3v) is 5.75. The van der Waals surface area contributed by atoms with Crippen molar-refractivity contribution in [2.24, 2.45) is 0 Å². The molecule has 0 aromatic carbocycles. The summed E-state index contributed by atoms with van der Waals surface area (Å²) in [6.45, 7) is 7.47. The Kier molecular flexibility index (Phi) is 5.61. The van der Waals surface area contributed by atoms with Crippen LogP contribution in [0.25, 0.3) is 11.5 Å². The van der Waals surface area contributed by atoms with Gasteiger partial charge in [0, 0.05) is 31.1 Å². The van der Waals surface area contributed by atoms with Gasteiger partial charge in [-0.25, -0.2) is 14.6 Å². The van der Waals surface area contributed by atoms with E-state index >= 15 is 0 Å². The quantitative estimate of drug-likeness (QED) is 0.767. The number of hydrogen-bond acceptors (Lipinski definition) is 5. The maximum atomic E-state index is 13.0. The van der Waals surface area contributed by atoms with Crippen molar-refractivity contribution in [2.45, 2.75) is 57.3 Å². The molecule has 0 spiro atoms. The molecule has 1 saturated carbocycles. The van der Waals surface area contributed by atoms with Gasteiger partial charge in [-0.15, -0.1) is 5.10 Å². The number of pyridine rings is 1. The number of rotatable bonds is 4. The lowest BCUT2D eigenvalue weighted by molar-refractivity contribution is -0.141. The van der Waals surface area contributed by atoms with E-state index in [0.29, 0.717) is 6.04 Å². The molecule has 0 unspecified atom stereocenters. The van der Waals surface area contributed by atoms with E-state index in [1.807, 2.05) is 18.5 Å². The SMILES string of the molecule is CC(C)n1nc(-c2cccc(C(F)(F)F)n2)nc1[C@@H]1CC[C@H](N2CCOCC2)C1. The maximum absolute atomic E-state index is 13.0. The van der Waals surface area contributed by atoms with Gasteiger partial charge in [-0.1, -0.05) is 6.07 Å². The average Bonchev–Trinajstić information content (AvgIpc) is 3.35. The van der Waals surface area contributed by atoms with Crippen molar-refractivity contribution in [3.8, 4) is 11.5 Å². The van der Waals surface area contributed by atoms with E-state index in [2.05, 4.69) is 20.0 Å². The number of hydrogen-bond donors (Lipinski definition) is 0. The molecule has 158 valence electrons. The van der Waals surface area contributed by atoms with Gasteiger partial charge in [-0.05, 0) is 45.2 Å². The summed E-state index contributed by atoms with van der Waals surface area (Å²) < 4.78 is 46.4. The van der Waals surface area contributed by atoms with E-state index in [1.165, 1.54) is 12.1 Å². The second-order valence-electron chi connectivity index (χ2n) is 8.05. The number of alkyl halides is 3. The number of aromatic nitrogens is 4. The summed E-state index contributed by atoms with van der Waals surface area (Å²) in [6.07, 6.45) is -1.41. The lowest BCUT2D eigenvalue weighted by Crippen LogP contribution is -2.42. The van der Waals surface area contributed by atoms with Crippen LogP contribution in [0.4, 0.5) is 13.2 Å². The van der Waals surface area contributed by atoms with E-state index < -0.39 is 11.9 Å². The first kappa shape index (κ1) is 20.3. The van der Waals surface area contributed by atoms with Gasteiger partial charge in [0.05, 0.1) is 13.2 Å². The van der Waals surface area contributed by atoms with Crippen LogP contribution in [0.3, 0.4) is 0 Å². The minimum Gasteiger partial charge on any atom is -0.379 e. The number of ether oxygens (including phenoxy) is 1. The van der Waals surface area contributed by atoms with Crippen LogP contribution in [0.15, 0.2) is 18.2 Å². The minimum atomic E-state index is -4.49. The molecule has 9 heteroatoms. The molecule has 1 saturated heterocycles. The smallest absolute Gasteiger partial charge is 0.379 e. The average molecular weight is 409 g/mol. The van der Waals surface area contributed by atoms with Gasteiger partial charge in [0.1, 0.15) is 17.2 Å². The van der Waals surface area contributed by atoms with Crippen molar-refractivity contribution in [1.82, 2.24) is 24.6 Å². The zero-order chi connectivity index (χ0) is 20.6. The first-order valence-corrected chi connectivity index (χ1v) is 10.2. The molecule has 2 atom stereocenters. The van der Waals surface area contributed by atoms with Crippen molar-refractivity contribution in [3.05, 3.63) is 29.7 Å². The van der Waals surface area contributed by atoms with E-state index in [9.17, 15) is 13.2 Å². The van der Waals surface area contributed by atoms with Crippen LogP contribution in [0, 0.1) is 0 Å². The zero-order valence-electron chi connectivity index (χ0n) is 16.7. The molecule has 1 aliphatic heterocycles. The molecular formula is C20H26F3N5O. The fourth-order valence-corrected chi connectivity index (χ4v) is 4.29. The molecule has 2 aromatic rings. The van der Waals surface area contributed by atoms with Crippen LogP contribution in [0.2, 0.25) is 0 Å². The summed E-state index contributed by atoms with van der Waals surface area (Å²) in [5.41, 5.74) is -0.770. The Morgan fingerprint density at radius 3 is 2.55 bits per heavy atom. The van der Waals surface area contributed by atoms with E-state index in [1.54, 1.807) is 0 Å². The Morgan fingerprint density at radius 2 is 1.86 bits per heavy atom. The van der Waals surface area contributed by atoms with Gasteiger partial charge >= 0.3 is 6.18 Å². The highest BCUT2D eigenvalue weighted by Crippen LogP contribution is 2.38. The molecule has 4 rings (SSSR count). The highest BCUT2D eigenvalue weighted by Gasteiger charge is 2.35. The number of morpholine rings is 1. The molecule has 2 aliphatic rings. The second kappa shape index (κ2) is 8.02. The highest BCUT2D eigenvalue weighted by molar-refractivity contribution is 5.49. The van der Waals surface area contributed by atoms with Gasteiger partial charge in [0.15, 0.2) is 5.82 Å². The maximum Gasteiger partial charge on any atom is 0.433 e. The molecule has 2 aromatic heterocycles. The van der Waals surface area contributed by atoms with Crippen molar-refractivity contribution in [2.75, 3.05) is 26.3 Å². The molecule has 0 radical (unpaired) electrons. The predicted octanol–water partition coefficient (Wildman–Crippen LogP) is 3.91. The molecule has 0 amide bonds. The molecule has 0 N–H and O–H groups in total. The Balaban J connectivity index is 1.59. The van der Waals surface area contributed by atoms with Gasteiger partial charge < -0.3 is 4.74 Å². The third kappa shape index (κ3) is 4.30. The highest BCUT2D eigenvalue weighted by atomic mass is 19.4. The topological polar surface area (TPSA) is 56.1 Å². The fourth-order valence-electron chi connectivity index (χ4n) is 4.29. The first-order valence-electron chi connectivity index (χ1n) is 10.2. The Bertz CT molecular complexity index is 845. The van der Waals surface area contributed by atoms with E-state index in [-0.39, 0.29) is 23.5 Å². The summed E-state index contributed by atoms with van der Waals surface area (Å²) in [5, 5.41) is 4.53. The van der Waals surface area contributed by atoms with Crippen molar-refractivity contribution < 1.29 is 17.9 Å². The van der Waals surface area contributed by atoms with Crippen LogP contribution in [0.1, 0.15) is 56.6 Å². The van der Waals surface area contributed by atoms with Crippen LogP contribution >= 0.6 is 0 Å². The Labute approximate surface area is 168 Å². The zero-order valence-corrected chi connectivity index (χ0v) is 16.7. The Morgan fingerprint density at radius 1 is 1.10 bits per heavy atom. The van der Waals surface area contributed by atoms with E-state index in [4.69, 9.17) is 4.74 Å². The van der Waals surface area contributed by atoms with Crippen molar-refractivity contribution in [1.29, 1.82) is 0 Å². The van der Waals surface area contributed by atoms with Crippen LogP contribution in [-0.2, 0) is 10.9 Å². The predicted molar refractivity (Wildman–Crippen MR) is 101 cm³/mol. The molecular weight excluding hydrogens is 383 g/mol. The molecule has 29 heavy (non-hydrogen) atoms. The summed E-state index contributed by atoms with van der Waals surface area (Å²) in [7, 11) is 0. The van der Waals surface area contributed by atoms with E-state index in [0.717, 1.165) is 57.5 Å².